The topological polar surface area (TPSA) is 77.2 Å². The molecule has 0 aliphatic rings. The third kappa shape index (κ3) is 3.64. The molecule has 0 bridgehead atoms. The number of rotatable bonds is 5. The molecule has 1 aromatic heterocycles. The molecule has 23 heavy (non-hydrogen) atoms. The van der Waals surface area contributed by atoms with Crippen LogP contribution in [-0.4, -0.2) is 28.6 Å². The number of halogens is 2. The number of nitrogen functional groups attached to an aromatic ring is 1. The molecule has 0 aliphatic carbocycles. The van der Waals surface area contributed by atoms with Crippen molar-refractivity contribution in [1.82, 2.24) is 15.0 Å². The first-order valence-electron chi connectivity index (χ1n) is 7.10. The van der Waals surface area contributed by atoms with Crippen LogP contribution in [0.15, 0.2) is 18.2 Å². The Kier molecular flexibility index (Phi) is 4.63. The fourth-order valence-electron chi connectivity index (χ4n) is 1.99. The van der Waals surface area contributed by atoms with Crippen molar-refractivity contribution in [3.05, 3.63) is 29.8 Å². The fraction of sp³-hybridized carbons (Fsp3) is 0.400. The molecule has 0 spiro atoms. The van der Waals surface area contributed by atoms with Gasteiger partial charge in [0.15, 0.2) is 17.3 Å². The zero-order valence-electron chi connectivity index (χ0n) is 13.5. The molecule has 1 heterocycles. The van der Waals surface area contributed by atoms with Gasteiger partial charge in [-0.25, -0.2) is 8.78 Å². The third-order valence-corrected chi connectivity index (χ3v) is 3.06. The normalized spacial score (nSPS) is 11.4. The van der Waals surface area contributed by atoms with Crippen molar-refractivity contribution in [3.8, 4) is 5.75 Å². The summed E-state index contributed by atoms with van der Waals surface area (Å²) in [5.41, 5.74) is 3.97. The summed E-state index contributed by atoms with van der Waals surface area (Å²) in [5, 5.41) is 0. The van der Waals surface area contributed by atoms with Crippen LogP contribution in [-0.2, 0) is 5.67 Å². The molecule has 1 aromatic carbocycles. The van der Waals surface area contributed by atoms with Crippen LogP contribution in [0.4, 0.5) is 26.4 Å². The molecule has 6 nitrogen and oxygen atoms in total. The van der Waals surface area contributed by atoms with Crippen LogP contribution in [0.3, 0.4) is 0 Å². The summed E-state index contributed by atoms with van der Waals surface area (Å²) in [6, 6.07) is 4.46. The van der Waals surface area contributed by atoms with Crippen molar-refractivity contribution in [2.24, 2.45) is 0 Å². The molecule has 0 atom stereocenters. The third-order valence-electron chi connectivity index (χ3n) is 3.06. The molecule has 0 unspecified atom stereocenters. The van der Waals surface area contributed by atoms with Gasteiger partial charge < -0.3 is 15.4 Å². The van der Waals surface area contributed by atoms with E-state index in [2.05, 4.69) is 15.0 Å². The SMILES string of the molecule is CCOc1cccc(F)c1N(C)c1nc(N)nc(C(C)(C)F)n1. The second-order valence-corrected chi connectivity index (χ2v) is 5.37. The van der Waals surface area contributed by atoms with E-state index >= 15 is 0 Å². The Labute approximate surface area is 133 Å². The molecule has 2 rings (SSSR count). The number of hydrogen-bond acceptors (Lipinski definition) is 6. The van der Waals surface area contributed by atoms with Crippen molar-refractivity contribution in [2.45, 2.75) is 26.4 Å². The van der Waals surface area contributed by atoms with Crippen molar-refractivity contribution in [3.63, 3.8) is 0 Å². The molecule has 0 aliphatic heterocycles. The summed E-state index contributed by atoms with van der Waals surface area (Å²) < 4.78 is 33.8. The molecule has 124 valence electrons. The van der Waals surface area contributed by atoms with E-state index in [1.807, 2.05) is 0 Å². The summed E-state index contributed by atoms with van der Waals surface area (Å²) in [4.78, 5) is 13.2. The van der Waals surface area contributed by atoms with E-state index in [1.54, 1.807) is 20.0 Å². The van der Waals surface area contributed by atoms with Gasteiger partial charge in [0.25, 0.3) is 0 Å². The quantitative estimate of drug-likeness (QED) is 0.911. The van der Waals surface area contributed by atoms with Crippen molar-refractivity contribution < 1.29 is 13.5 Å². The lowest BCUT2D eigenvalue weighted by Gasteiger charge is -2.22. The minimum atomic E-state index is -1.80. The van der Waals surface area contributed by atoms with Crippen LogP contribution >= 0.6 is 0 Å². The number of anilines is 3. The van der Waals surface area contributed by atoms with Gasteiger partial charge >= 0.3 is 0 Å². The van der Waals surface area contributed by atoms with E-state index in [-0.39, 0.29) is 23.4 Å². The van der Waals surface area contributed by atoms with E-state index < -0.39 is 11.5 Å². The number of hydrogen-bond donors (Lipinski definition) is 1. The van der Waals surface area contributed by atoms with Gasteiger partial charge in [-0.05, 0) is 32.9 Å². The Balaban J connectivity index is 2.53. The fourth-order valence-corrected chi connectivity index (χ4v) is 1.99. The predicted octanol–water partition coefficient (Wildman–Crippen LogP) is 2.96. The monoisotopic (exact) mass is 323 g/mol. The van der Waals surface area contributed by atoms with Gasteiger partial charge in [0.1, 0.15) is 11.4 Å². The number of benzene rings is 1. The molecule has 0 radical (unpaired) electrons. The summed E-state index contributed by atoms with van der Waals surface area (Å²) in [5.74, 6) is -0.421. The van der Waals surface area contributed by atoms with Crippen LogP contribution in [0.1, 0.15) is 26.6 Å². The Morgan fingerprint density at radius 1 is 1.26 bits per heavy atom. The minimum absolute atomic E-state index is 0.0317. The first-order chi connectivity index (χ1) is 10.7. The maximum absolute atomic E-state index is 14.2. The van der Waals surface area contributed by atoms with Gasteiger partial charge in [-0.3, -0.25) is 0 Å². The standard InChI is InChI=1S/C15H19F2N5O/c1-5-23-10-8-6-7-9(16)11(10)22(4)14-20-12(15(2,3)17)19-13(18)21-14/h6-8H,5H2,1-4H3,(H2,18,19,20,21). The molecule has 0 saturated heterocycles. The number of ether oxygens (including phenoxy) is 1. The van der Waals surface area contributed by atoms with Crippen molar-refractivity contribution in [2.75, 3.05) is 24.3 Å². The zero-order chi connectivity index (χ0) is 17.2. The lowest BCUT2D eigenvalue weighted by atomic mass is 10.1. The van der Waals surface area contributed by atoms with Crippen molar-refractivity contribution >= 4 is 17.6 Å². The average molecular weight is 323 g/mol. The van der Waals surface area contributed by atoms with Crippen molar-refractivity contribution in [1.29, 1.82) is 0 Å². The summed E-state index contributed by atoms with van der Waals surface area (Å²) >= 11 is 0. The maximum atomic E-state index is 14.2. The highest BCUT2D eigenvalue weighted by atomic mass is 19.1. The molecular weight excluding hydrogens is 304 g/mol. The van der Waals surface area contributed by atoms with E-state index in [9.17, 15) is 8.78 Å². The number of nitrogens with zero attached hydrogens (tertiary/aromatic N) is 4. The van der Waals surface area contributed by atoms with Crippen LogP contribution < -0.4 is 15.4 Å². The molecule has 0 fully saturated rings. The summed E-state index contributed by atoms with van der Waals surface area (Å²) in [6.07, 6.45) is 0. The molecule has 2 N–H and O–H groups in total. The minimum Gasteiger partial charge on any atom is -0.492 e. The Morgan fingerprint density at radius 3 is 2.57 bits per heavy atom. The van der Waals surface area contributed by atoms with E-state index in [1.165, 1.54) is 30.9 Å². The maximum Gasteiger partial charge on any atom is 0.235 e. The smallest absolute Gasteiger partial charge is 0.235 e. The van der Waals surface area contributed by atoms with Gasteiger partial charge in [0.2, 0.25) is 11.9 Å². The highest BCUT2D eigenvalue weighted by Crippen LogP contribution is 2.34. The van der Waals surface area contributed by atoms with Gasteiger partial charge in [-0.2, -0.15) is 15.0 Å². The van der Waals surface area contributed by atoms with Gasteiger partial charge in [0, 0.05) is 7.05 Å². The molecule has 0 amide bonds. The Bertz CT molecular complexity index is 703. The van der Waals surface area contributed by atoms with Crippen LogP contribution in [0.25, 0.3) is 0 Å². The van der Waals surface area contributed by atoms with Crippen LogP contribution in [0, 0.1) is 5.82 Å². The van der Waals surface area contributed by atoms with Gasteiger partial charge in [0.05, 0.1) is 6.61 Å². The lowest BCUT2D eigenvalue weighted by molar-refractivity contribution is 0.206. The highest BCUT2D eigenvalue weighted by molar-refractivity contribution is 5.65. The number of para-hydroxylation sites is 1. The second kappa shape index (κ2) is 6.31. The van der Waals surface area contributed by atoms with Crippen LogP contribution in [0.2, 0.25) is 0 Å². The molecule has 2 aromatic rings. The molecule has 0 saturated carbocycles. The second-order valence-electron chi connectivity index (χ2n) is 5.37. The first-order valence-corrected chi connectivity index (χ1v) is 7.10. The summed E-state index contributed by atoms with van der Waals surface area (Å²) in [7, 11) is 1.55. The zero-order valence-corrected chi connectivity index (χ0v) is 13.5. The predicted molar refractivity (Wildman–Crippen MR) is 84.0 cm³/mol. The van der Waals surface area contributed by atoms with E-state index in [4.69, 9.17) is 10.5 Å². The number of alkyl halides is 1. The summed E-state index contributed by atoms with van der Waals surface area (Å²) in [6.45, 7) is 4.77. The largest absolute Gasteiger partial charge is 0.492 e. The lowest BCUT2D eigenvalue weighted by Crippen LogP contribution is -2.22. The van der Waals surface area contributed by atoms with Gasteiger partial charge in [-0.1, -0.05) is 6.07 Å². The highest BCUT2D eigenvalue weighted by Gasteiger charge is 2.26. The number of aromatic nitrogens is 3. The Hall–Kier alpha value is -2.51. The molecule has 8 heteroatoms. The van der Waals surface area contributed by atoms with Crippen LogP contribution in [0.5, 0.6) is 5.75 Å². The Morgan fingerprint density at radius 2 is 1.96 bits per heavy atom. The first kappa shape index (κ1) is 16.9. The average Bonchev–Trinajstić information content (AvgIpc) is 2.45. The number of nitrogens with two attached hydrogens (primary N) is 1. The van der Waals surface area contributed by atoms with Gasteiger partial charge in [-0.15, -0.1) is 0 Å². The molecular formula is C15H19F2N5O. The van der Waals surface area contributed by atoms with E-state index in [0.29, 0.717) is 12.4 Å². The van der Waals surface area contributed by atoms with E-state index in [0.717, 1.165) is 0 Å².